The van der Waals surface area contributed by atoms with Gasteiger partial charge in [0.05, 0.1) is 33.8 Å². The van der Waals surface area contributed by atoms with Crippen LogP contribution in [0.5, 0.6) is 0 Å². The fraction of sp³-hybridized carbons (Fsp3) is 0. The van der Waals surface area contributed by atoms with E-state index in [0.29, 0.717) is 5.69 Å². The number of carbonyl (C=O) groups is 3. The molecule has 0 unspecified atom stereocenters. The first-order chi connectivity index (χ1) is 18.1. The van der Waals surface area contributed by atoms with Crippen LogP contribution in [-0.4, -0.2) is 65.2 Å². The molecule has 39 heavy (non-hydrogen) atoms. The van der Waals surface area contributed by atoms with Crippen LogP contribution in [0.25, 0.3) is 0 Å². The van der Waals surface area contributed by atoms with Crippen LogP contribution in [0.15, 0.2) is 83.8 Å². The first-order valence-corrected chi connectivity index (χ1v) is 12.6. The Morgan fingerprint density at radius 3 is 1.90 bits per heavy atom. The van der Waals surface area contributed by atoms with E-state index >= 15 is 0 Å². The molecular weight excluding hydrogens is 533 g/mol. The van der Waals surface area contributed by atoms with Gasteiger partial charge >= 0.3 is 35.5 Å². The van der Waals surface area contributed by atoms with Gasteiger partial charge in [0, 0.05) is 22.5 Å². The molecular formula is C27H20N3NaO7S. The SMILES string of the molecule is Nc1c(C(=O)O)cc(Nc2ccc(Nc3ccccc3)c(S(=O)(=O)O)c2)c2c1C(=O)c1ccccc1C2=O.[NaH]. The van der Waals surface area contributed by atoms with Gasteiger partial charge in [0.15, 0.2) is 11.6 Å². The molecule has 4 aromatic rings. The van der Waals surface area contributed by atoms with Crippen LogP contribution in [0.3, 0.4) is 0 Å². The van der Waals surface area contributed by atoms with E-state index in [-0.39, 0.29) is 74.6 Å². The van der Waals surface area contributed by atoms with Crippen molar-refractivity contribution < 1.29 is 32.5 Å². The molecule has 0 radical (unpaired) electrons. The molecule has 0 saturated carbocycles. The third-order valence-electron chi connectivity index (χ3n) is 6.06. The molecule has 6 N–H and O–H groups in total. The Bertz CT molecular complexity index is 1770. The maximum atomic E-state index is 13.4. The van der Waals surface area contributed by atoms with Gasteiger partial charge in [-0.05, 0) is 36.4 Å². The molecule has 0 amide bonds. The molecule has 0 atom stereocenters. The number of carboxylic acids is 1. The van der Waals surface area contributed by atoms with Crippen molar-refractivity contribution in [3.63, 3.8) is 0 Å². The number of anilines is 5. The van der Waals surface area contributed by atoms with Crippen molar-refractivity contribution >= 4 is 85.6 Å². The van der Waals surface area contributed by atoms with Crippen LogP contribution in [0.4, 0.5) is 28.4 Å². The number of para-hydroxylation sites is 1. The summed E-state index contributed by atoms with van der Waals surface area (Å²) < 4.78 is 34.3. The molecule has 0 heterocycles. The Morgan fingerprint density at radius 1 is 0.744 bits per heavy atom. The zero-order valence-corrected chi connectivity index (χ0v) is 20.2. The standard InChI is InChI=1S/C27H19N3O7S.Na.H/c28-24-18(27(33)34)13-20(22-23(24)26(32)17-9-5-4-8-16(17)25(22)31)30-15-10-11-19(21(12-15)38(35,36)37)29-14-6-2-1-3-7-14;;/h1-13,29-30H,28H2,(H,33,34)(H,35,36,37);;. The normalized spacial score (nSPS) is 12.1. The molecule has 0 spiro atoms. The van der Waals surface area contributed by atoms with E-state index in [1.54, 1.807) is 42.5 Å². The van der Waals surface area contributed by atoms with Gasteiger partial charge in [0.1, 0.15) is 4.90 Å². The van der Waals surface area contributed by atoms with Crippen LogP contribution < -0.4 is 16.4 Å². The third kappa shape index (κ3) is 5.18. The van der Waals surface area contributed by atoms with E-state index in [1.807, 2.05) is 0 Å². The predicted octanol–water partition coefficient (Wildman–Crippen LogP) is 3.83. The molecule has 0 aliphatic heterocycles. The summed E-state index contributed by atoms with van der Waals surface area (Å²) in [7, 11) is -4.71. The van der Waals surface area contributed by atoms with E-state index in [1.165, 1.54) is 24.3 Å². The molecule has 1 aliphatic carbocycles. The van der Waals surface area contributed by atoms with Crippen LogP contribution in [0, 0.1) is 0 Å². The van der Waals surface area contributed by atoms with E-state index in [4.69, 9.17) is 5.73 Å². The van der Waals surface area contributed by atoms with E-state index in [2.05, 4.69) is 10.6 Å². The minimum atomic E-state index is -4.71. The number of ketones is 2. The van der Waals surface area contributed by atoms with Gasteiger partial charge in [0.2, 0.25) is 0 Å². The van der Waals surface area contributed by atoms with Crippen molar-refractivity contribution in [3.05, 3.63) is 107 Å². The van der Waals surface area contributed by atoms with Crippen molar-refractivity contribution in [2.24, 2.45) is 0 Å². The Labute approximate surface area is 244 Å². The molecule has 0 aromatic heterocycles. The number of nitrogens with one attached hydrogen (secondary N) is 2. The third-order valence-corrected chi connectivity index (χ3v) is 6.95. The first-order valence-electron chi connectivity index (χ1n) is 11.1. The first kappa shape index (κ1) is 28.0. The van der Waals surface area contributed by atoms with Gasteiger partial charge < -0.3 is 21.5 Å². The summed E-state index contributed by atoms with van der Waals surface area (Å²) in [5.41, 5.74) is 5.78. The van der Waals surface area contributed by atoms with Crippen LogP contribution in [0.1, 0.15) is 42.2 Å². The number of aromatic carboxylic acids is 1. The van der Waals surface area contributed by atoms with Gasteiger partial charge in [-0.15, -0.1) is 0 Å². The molecule has 10 nitrogen and oxygen atoms in total. The van der Waals surface area contributed by atoms with Crippen molar-refractivity contribution in [1.82, 2.24) is 0 Å². The summed E-state index contributed by atoms with van der Waals surface area (Å²) >= 11 is 0. The Kier molecular flexibility index (Phi) is 7.64. The molecule has 5 rings (SSSR count). The van der Waals surface area contributed by atoms with Crippen LogP contribution in [-0.2, 0) is 10.1 Å². The Balaban J connectivity index is 0.00000353. The van der Waals surface area contributed by atoms with E-state index < -0.39 is 38.1 Å². The minimum absolute atomic E-state index is 0. The monoisotopic (exact) mass is 553 g/mol. The zero-order chi connectivity index (χ0) is 27.2. The number of hydrogen-bond acceptors (Lipinski definition) is 8. The second kappa shape index (κ2) is 10.6. The number of nitrogen functional groups attached to an aromatic ring is 1. The topological polar surface area (TPSA) is 176 Å². The second-order valence-electron chi connectivity index (χ2n) is 8.45. The number of hydrogen-bond donors (Lipinski definition) is 5. The van der Waals surface area contributed by atoms with Crippen LogP contribution >= 0.6 is 0 Å². The molecule has 12 heteroatoms. The summed E-state index contributed by atoms with van der Waals surface area (Å²) in [6.45, 7) is 0. The fourth-order valence-electron chi connectivity index (χ4n) is 4.34. The van der Waals surface area contributed by atoms with Gasteiger partial charge in [-0.25, -0.2) is 4.79 Å². The predicted molar refractivity (Wildman–Crippen MR) is 148 cm³/mol. The van der Waals surface area contributed by atoms with Crippen molar-refractivity contribution in [3.8, 4) is 0 Å². The molecule has 192 valence electrons. The quantitative estimate of drug-likeness (QED) is 0.118. The number of fused-ring (bicyclic) bond motifs is 2. The molecule has 0 fully saturated rings. The van der Waals surface area contributed by atoms with Crippen molar-refractivity contribution in [1.29, 1.82) is 0 Å². The molecule has 0 saturated heterocycles. The molecule has 0 bridgehead atoms. The summed E-state index contributed by atoms with van der Waals surface area (Å²) in [6, 6.07) is 19.9. The van der Waals surface area contributed by atoms with Crippen molar-refractivity contribution in [2.45, 2.75) is 4.90 Å². The summed E-state index contributed by atoms with van der Waals surface area (Å²) in [5, 5.41) is 15.5. The maximum absolute atomic E-state index is 13.4. The van der Waals surface area contributed by atoms with E-state index in [0.717, 1.165) is 12.1 Å². The second-order valence-corrected chi connectivity index (χ2v) is 9.84. The van der Waals surface area contributed by atoms with Crippen molar-refractivity contribution in [2.75, 3.05) is 16.4 Å². The fourth-order valence-corrected chi connectivity index (χ4v) is 5.02. The van der Waals surface area contributed by atoms with Gasteiger partial charge in [-0.2, -0.15) is 8.42 Å². The van der Waals surface area contributed by atoms with Gasteiger partial charge in [-0.3, -0.25) is 14.1 Å². The number of carbonyl (C=O) groups excluding carboxylic acids is 2. The summed E-state index contributed by atoms with van der Waals surface area (Å²) in [6.07, 6.45) is 0. The summed E-state index contributed by atoms with van der Waals surface area (Å²) in [4.78, 5) is 38.2. The number of benzene rings is 4. The molecule has 4 aromatic carbocycles. The van der Waals surface area contributed by atoms with Crippen LogP contribution in [0.2, 0.25) is 0 Å². The Morgan fingerprint density at radius 2 is 1.31 bits per heavy atom. The number of carboxylic acid groups (broad SMARTS) is 1. The van der Waals surface area contributed by atoms with Gasteiger partial charge in [0.25, 0.3) is 10.1 Å². The average molecular weight is 554 g/mol. The Hall–Kier alpha value is -4.00. The molecule has 1 aliphatic rings. The average Bonchev–Trinajstić information content (AvgIpc) is 2.88. The summed E-state index contributed by atoms with van der Waals surface area (Å²) in [5.74, 6) is -2.59. The van der Waals surface area contributed by atoms with Gasteiger partial charge in [-0.1, -0.05) is 42.5 Å². The number of nitrogens with two attached hydrogens (primary N) is 1. The number of rotatable bonds is 6. The van der Waals surface area contributed by atoms with E-state index in [9.17, 15) is 32.5 Å². The zero-order valence-electron chi connectivity index (χ0n) is 19.4.